The molecule has 0 radical (unpaired) electrons. The first-order chi connectivity index (χ1) is 13.7. The Kier molecular flexibility index (Phi) is 13.6. The highest BCUT2D eigenvalue weighted by Crippen LogP contribution is 2.34. The van der Waals surface area contributed by atoms with Gasteiger partial charge >= 0.3 is 26.4 Å². The average Bonchev–Trinajstić information content (AvgIpc) is 2.77. The fourth-order valence-corrected chi connectivity index (χ4v) is 7.64. The summed E-state index contributed by atoms with van der Waals surface area (Å²) < 4.78 is 69.9. The van der Waals surface area contributed by atoms with Crippen LogP contribution in [0.15, 0.2) is 0 Å². The van der Waals surface area contributed by atoms with Crippen molar-refractivity contribution >= 4 is 26.4 Å². The summed E-state index contributed by atoms with van der Waals surface area (Å²) in [6, 6.07) is 0.168. The molecule has 0 fully saturated rings. The molecule has 0 aromatic carbocycles. The van der Waals surface area contributed by atoms with E-state index < -0.39 is 32.3 Å². The van der Waals surface area contributed by atoms with Crippen LogP contribution in [0.25, 0.3) is 0 Å². The van der Waals surface area contributed by atoms with E-state index in [1.165, 1.54) is 64.0 Å². The van der Waals surface area contributed by atoms with Gasteiger partial charge in [-0.2, -0.15) is 0 Å². The second-order valence-electron chi connectivity index (χ2n) is 6.09. The molecule has 1 unspecified atom stereocenters. The Morgan fingerprint density at radius 2 is 0.966 bits per heavy atom. The summed E-state index contributed by atoms with van der Waals surface area (Å²) in [6.45, 7) is 0. The predicted molar refractivity (Wildman–Crippen MR) is 109 cm³/mol. The molecule has 0 saturated carbocycles. The van der Waals surface area contributed by atoms with Gasteiger partial charge in [-0.25, -0.2) is 4.39 Å². The van der Waals surface area contributed by atoms with E-state index in [0.717, 1.165) is 0 Å². The molecule has 1 atom stereocenters. The van der Waals surface area contributed by atoms with Crippen LogP contribution in [0.2, 0.25) is 12.1 Å². The lowest BCUT2D eigenvalue weighted by atomic mass is 10.2. The van der Waals surface area contributed by atoms with Crippen molar-refractivity contribution in [2.24, 2.45) is 0 Å². The first kappa shape index (κ1) is 29.2. The number of alkyl halides is 1. The van der Waals surface area contributed by atoms with Crippen LogP contribution in [0.1, 0.15) is 12.8 Å². The van der Waals surface area contributed by atoms with E-state index in [-0.39, 0.29) is 18.7 Å². The highest BCUT2D eigenvalue weighted by atomic mass is 28.4. The van der Waals surface area contributed by atoms with Crippen molar-refractivity contribution in [2.45, 2.75) is 30.8 Å². The molecule has 0 aliphatic heterocycles. The van der Waals surface area contributed by atoms with Gasteiger partial charge in [-0.05, 0) is 6.42 Å². The minimum Gasteiger partial charge on any atom is -0.377 e. The molecule has 176 valence electrons. The molecule has 0 bridgehead atoms. The molecule has 0 heterocycles. The number of hydrogen-bond acceptors (Lipinski definition) is 10. The lowest BCUT2D eigenvalue weighted by Gasteiger charge is -2.35. The third-order valence-corrected chi connectivity index (χ3v) is 12.8. The zero-order valence-electron chi connectivity index (χ0n) is 19.0. The van der Waals surface area contributed by atoms with E-state index in [1.807, 2.05) is 0 Å². The number of rotatable bonds is 18. The zero-order chi connectivity index (χ0) is 22.6. The Balaban J connectivity index is 5.47. The van der Waals surface area contributed by atoms with Crippen LogP contribution in [0.3, 0.4) is 0 Å². The van der Waals surface area contributed by atoms with Gasteiger partial charge in [-0.3, -0.25) is 0 Å². The topological polar surface area (TPSA) is 92.3 Å². The zero-order valence-corrected chi connectivity index (χ0v) is 22.0. The molecular formula is C15H37FO10Si3. The normalized spacial score (nSPS) is 15.5. The van der Waals surface area contributed by atoms with Gasteiger partial charge in [-0.1, -0.05) is 0 Å². The van der Waals surface area contributed by atoms with Crippen molar-refractivity contribution in [1.29, 1.82) is 0 Å². The van der Waals surface area contributed by atoms with Gasteiger partial charge in [-0.15, -0.1) is 0 Å². The maximum atomic E-state index is 16.0. The Morgan fingerprint density at radius 1 is 0.586 bits per heavy atom. The quantitative estimate of drug-likeness (QED) is 0.269. The van der Waals surface area contributed by atoms with Crippen LogP contribution < -0.4 is 0 Å². The second kappa shape index (κ2) is 13.6. The molecule has 0 aromatic rings. The summed E-state index contributed by atoms with van der Waals surface area (Å²) in [5.41, 5.74) is 0. The van der Waals surface area contributed by atoms with E-state index in [1.54, 1.807) is 0 Å². The maximum Gasteiger partial charge on any atom is 0.527 e. The first-order valence-corrected chi connectivity index (χ1v) is 14.8. The molecule has 0 amide bonds. The molecule has 0 aromatic heterocycles. The van der Waals surface area contributed by atoms with Crippen LogP contribution >= 0.6 is 0 Å². The summed E-state index contributed by atoms with van der Waals surface area (Å²) in [4.78, 5) is 0. The van der Waals surface area contributed by atoms with Crippen LogP contribution in [0.5, 0.6) is 0 Å². The Morgan fingerprint density at radius 3 is 1.31 bits per heavy atom. The molecule has 0 aliphatic carbocycles. The van der Waals surface area contributed by atoms with Crippen molar-refractivity contribution in [3.8, 4) is 0 Å². The van der Waals surface area contributed by atoms with Gasteiger partial charge in [0.2, 0.25) is 5.85 Å². The van der Waals surface area contributed by atoms with Crippen LogP contribution in [0, 0.1) is 0 Å². The second-order valence-corrected chi connectivity index (χ2v) is 15.0. The van der Waals surface area contributed by atoms with Crippen molar-refractivity contribution in [2.75, 3.05) is 70.2 Å². The summed E-state index contributed by atoms with van der Waals surface area (Å²) in [7, 11) is 3.74. The lowest BCUT2D eigenvalue weighted by molar-refractivity contribution is -0.142. The number of halogens is 1. The predicted octanol–water partition coefficient (Wildman–Crippen LogP) is 1.62. The standard InChI is InChI=1S/C15H37FO10Si3/c1-17-27(18-2,19-3)12-10-11-15(16,13-28(20-4,21-5)22-6)26-14-29(23-7,24-8)25-9/h10-14H2,1-9H3. The summed E-state index contributed by atoms with van der Waals surface area (Å²) in [5, 5.41) is 0. The summed E-state index contributed by atoms with van der Waals surface area (Å²) in [5.74, 6) is -2.16. The Hall–Kier alpha value is 0.181. The van der Waals surface area contributed by atoms with E-state index in [9.17, 15) is 0 Å². The largest absolute Gasteiger partial charge is 0.527 e. The van der Waals surface area contributed by atoms with Crippen molar-refractivity contribution in [3.05, 3.63) is 0 Å². The third kappa shape index (κ3) is 8.32. The van der Waals surface area contributed by atoms with E-state index >= 15 is 4.39 Å². The Bertz CT molecular complexity index is 414. The van der Waals surface area contributed by atoms with Crippen molar-refractivity contribution < 1.29 is 49.0 Å². The molecule has 0 rings (SSSR count). The number of ether oxygens (including phenoxy) is 1. The van der Waals surface area contributed by atoms with E-state index in [0.29, 0.717) is 12.5 Å². The smallest absolute Gasteiger partial charge is 0.377 e. The van der Waals surface area contributed by atoms with Gasteiger partial charge in [0.15, 0.2) is 0 Å². The molecule has 10 nitrogen and oxygen atoms in total. The van der Waals surface area contributed by atoms with Gasteiger partial charge in [0.1, 0.15) is 6.23 Å². The molecule has 0 N–H and O–H groups in total. The fraction of sp³-hybridized carbons (Fsp3) is 1.00. The van der Waals surface area contributed by atoms with Crippen molar-refractivity contribution in [1.82, 2.24) is 0 Å². The van der Waals surface area contributed by atoms with Gasteiger partial charge < -0.3 is 44.6 Å². The Labute approximate surface area is 176 Å². The number of hydrogen-bond donors (Lipinski definition) is 0. The monoisotopic (exact) mass is 480 g/mol. The van der Waals surface area contributed by atoms with Crippen LogP contribution in [0.4, 0.5) is 4.39 Å². The minimum atomic E-state index is -3.29. The maximum absolute atomic E-state index is 16.0. The molecular weight excluding hydrogens is 443 g/mol. The SMILES string of the molecule is CO[Si](CCCC(F)(C[Si](OC)(OC)OC)OC[Si](OC)(OC)OC)(OC)OC. The lowest BCUT2D eigenvalue weighted by Crippen LogP contribution is -2.54. The third-order valence-electron chi connectivity index (χ3n) is 4.82. The average molecular weight is 481 g/mol. The molecule has 0 spiro atoms. The highest BCUT2D eigenvalue weighted by molar-refractivity contribution is 6.61. The molecule has 14 heteroatoms. The van der Waals surface area contributed by atoms with Gasteiger partial charge in [0.05, 0.1) is 6.04 Å². The van der Waals surface area contributed by atoms with Gasteiger partial charge in [0.25, 0.3) is 0 Å². The molecule has 0 saturated heterocycles. The minimum absolute atomic E-state index is 0.00964. The molecule has 0 aliphatic rings. The summed E-state index contributed by atoms with van der Waals surface area (Å²) >= 11 is 0. The van der Waals surface area contributed by atoms with Crippen LogP contribution in [-0.4, -0.2) is 102 Å². The van der Waals surface area contributed by atoms with Crippen molar-refractivity contribution in [3.63, 3.8) is 0 Å². The van der Waals surface area contributed by atoms with Gasteiger partial charge in [0, 0.05) is 76.5 Å². The fourth-order valence-electron chi connectivity index (χ4n) is 2.77. The van der Waals surface area contributed by atoms with Crippen LogP contribution in [-0.2, 0) is 44.6 Å². The van der Waals surface area contributed by atoms with E-state index in [2.05, 4.69) is 0 Å². The summed E-state index contributed by atoms with van der Waals surface area (Å²) in [6.07, 6.45) is 0.154. The highest BCUT2D eigenvalue weighted by Gasteiger charge is 2.52. The van der Waals surface area contributed by atoms with E-state index in [4.69, 9.17) is 44.6 Å². The first-order valence-electron chi connectivity index (χ1n) is 8.96. The molecule has 29 heavy (non-hydrogen) atoms.